The molecule has 0 atom stereocenters. The van der Waals surface area contributed by atoms with Crippen molar-refractivity contribution in [2.24, 2.45) is 0 Å². The number of nitrogens with zero attached hydrogens (tertiary/aromatic N) is 1. The van der Waals surface area contributed by atoms with E-state index >= 15 is 0 Å². The van der Waals surface area contributed by atoms with Gasteiger partial charge in [-0.1, -0.05) is 18.2 Å². The molecular formula is C24H19N3O3S. The second kappa shape index (κ2) is 7.92. The van der Waals surface area contributed by atoms with E-state index in [0.29, 0.717) is 34.8 Å². The molecule has 7 heteroatoms. The molecule has 3 amide bonds. The molecule has 2 aliphatic rings. The summed E-state index contributed by atoms with van der Waals surface area (Å²) in [5.41, 5.74) is 4.42. The number of amides is 3. The minimum Gasteiger partial charge on any atom is -0.324 e. The van der Waals surface area contributed by atoms with Crippen LogP contribution in [0, 0.1) is 0 Å². The first-order chi connectivity index (χ1) is 15.1. The molecule has 0 aliphatic carbocycles. The summed E-state index contributed by atoms with van der Waals surface area (Å²) in [6.07, 6.45) is 0.857. The smallest absolute Gasteiger partial charge is 0.258 e. The molecule has 2 heterocycles. The number of rotatable bonds is 3. The van der Waals surface area contributed by atoms with Crippen LogP contribution in [-0.2, 0) is 11.2 Å². The number of hydrogen-bond acceptors (Lipinski definition) is 4. The molecule has 0 aromatic heterocycles. The second-order valence-corrected chi connectivity index (χ2v) is 8.43. The van der Waals surface area contributed by atoms with Gasteiger partial charge in [-0.15, -0.1) is 11.8 Å². The molecule has 2 N–H and O–H groups in total. The third kappa shape index (κ3) is 3.80. The van der Waals surface area contributed by atoms with Gasteiger partial charge in [-0.3, -0.25) is 14.4 Å². The van der Waals surface area contributed by atoms with Crippen LogP contribution in [0.3, 0.4) is 0 Å². The Morgan fingerprint density at radius 3 is 2.58 bits per heavy atom. The van der Waals surface area contributed by atoms with Crippen molar-refractivity contribution in [3.05, 3.63) is 83.4 Å². The average molecular weight is 430 g/mol. The molecular weight excluding hydrogens is 410 g/mol. The van der Waals surface area contributed by atoms with Gasteiger partial charge in [-0.25, -0.2) is 0 Å². The van der Waals surface area contributed by atoms with Crippen LogP contribution in [0.2, 0.25) is 0 Å². The highest BCUT2D eigenvalue weighted by Crippen LogP contribution is 2.32. The Labute approximate surface area is 183 Å². The summed E-state index contributed by atoms with van der Waals surface area (Å²) < 4.78 is 0. The lowest BCUT2D eigenvalue weighted by atomic mass is 10.1. The molecule has 0 saturated heterocycles. The molecule has 0 radical (unpaired) electrons. The molecule has 5 rings (SSSR count). The normalized spacial score (nSPS) is 14.5. The Morgan fingerprint density at radius 2 is 1.74 bits per heavy atom. The van der Waals surface area contributed by atoms with Crippen molar-refractivity contribution in [2.45, 2.75) is 11.3 Å². The van der Waals surface area contributed by atoms with Gasteiger partial charge in [0.15, 0.2) is 0 Å². The fourth-order valence-electron chi connectivity index (χ4n) is 3.83. The van der Waals surface area contributed by atoms with Gasteiger partial charge in [0, 0.05) is 33.9 Å². The van der Waals surface area contributed by atoms with Crippen LogP contribution in [0.25, 0.3) is 0 Å². The number of thioether (sulfide) groups is 1. The topological polar surface area (TPSA) is 78.5 Å². The third-order valence-corrected chi connectivity index (χ3v) is 6.47. The van der Waals surface area contributed by atoms with Gasteiger partial charge < -0.3 is 15.5 Å². The monoisotopic (exact) mass is 429 g/mol. The highest BCUT2D eigenvalue weighted by Gasteiger charge is 2.25. The molecule has 0 unspecified atom stereocenters. The molecule has 6 nitrogen and oxygen atoms in total. The summed E-state index contributed by atoms with van der Waals surface area (Å²) in [4.78, 5) is 39.9. The lowest BCUT2D eigenvalue weighted by Gasteiger charge is -2.18. The van der Waals surface area contributed by atoms with Gasteiger partial charge in [0.05, 0.1) is 11.4 Å². The number of anilines is 3. The minimum absolute atomic E-state index is 0.0502. The largest absolute Gasteiger partial charge is 0.324 e. The van der Waals surface area contributed by atoms with Crippen molar-refractivity contribution in [1.82, 2.24) is 0 Å². The Hall–Kier alpha value is -3.58. The first-order valence-electron chi connectivity index (χ1n) is 9.96. The van der Waals surface area contributed by atoms with Gasteiger partial charge in [0.2, 0.25) is 5.91 Å². The van der Waals surface area contributed by atoms with Crippen LogP contribution in [0.15, 0.2) is 71.6 Å². The van der Waals surface area contributed by atoms with E-state index in [1.54, 1.807) is 41.3 Å². The predicted molar refractivity (Wildman–Crippen MR) is 122 cm³/mol. The Bertz CT molecular complexity index is 1210. The second-order valence-electron chi connectivity index (χ2n) is 7.41. The first-order valence-corrected chi connectivity index (χ1v) is 10.9. The van der Waals surface area contributed by atoms with Crippen LogP contribution in [0.5, 0.6) is 0 Å². The van der Waals surface area contributed by atoms with Crippen LogP contribution in [-0.4, -0.2) is 30.0 Å². The highest BCUT2D eigenvalue weighted by molar-refractivity contribution is 8.00. The zero-order valence-electron chi connectivity index (χ0n) is 16.6. The van der Waals surface area contributed by atoms with Gasteiger partial charge in [0.25, 0.3) is 11.8 Å². The van der Waals surface area contributed by atoms with E-state index < -0.39 is 0 Å². The van der Waals surface area contributed by atoms with Gasteiger partial charge >= 0.3 is 0 Å². The number of para-hydroxylation sites is 1. The van der Waals surface area contributed by atoms with E-state index in [-0.39, 0.29) is 17.7 Å². The van der Waals surface area contributed by atoms with Crippen LogP contribution in [0.4, 0.5) is 17.1 Å². The van der Waals surface area contributed by atoms with Gasteiger partial charge in [0.1, 0.15) is 0 Å². The fourth-order valence-corrected chi connectivity index (χ4v) is 4.62. The van der Waals surface area contributed by atoms with Gasteiger partial charge in [-0.2, -0.15) is 0 Å². The summed E-state index contributed by atoms with van der Waals surface area (Å²) >= 11 is 1.45. The van der Waals surface area contributed by atoms with E-state index in [1.807, 2.05) is 30.3 Å². The number of benzene rings is 3. The molecule has 31 heavy (non-hydrogen) atoms. The molecule has 154 valence electrons. The maximum absolute atomic E-state index is 12.9. The lowest BCUT2D eigenvalue weighted by molar-refractivity contribution is -0.113. The van der Waals surface area contributed by atoms with Crippen molar-refractivity contribution < 1.29 is 14.4 Å². The van der Waals surface area contributed by atoms with Crippen LogP contribution >= 0.6 is 11.8 Å². The van der Waals surface area contributed by atoms with Crippen molar-refractivity contribution in [3.63, 3.8) is 0 Å². The summed E-state index contributed by atoms with van der Waals surface area (Å²) in [6, 6.07) is 20.1. The molecule has 0 spiro atoms. The standard InChI is InChI=1S/C24H19N3O3S/c28-22-14-31-21-10-7-17(13-19(21)26-22)23(29)25-18-8-5-16(6-9-18)24(30)27-12-11-15-3-1-2-4-20(15)27/h1-10,13H,11-12,14H2,(H,25,29)(H,26,28). The molecule has 2 aliphatic heterocycles. The predicted octanol–water partition coefficient (Wildman–Crippen LogP) is 4.19. The van der Waals surface area contributed by atoms with Crippen molar-refractivity contribution in [3.8, 4) is 0 Å². The molecule has 0 bridgehead atoms. The van der Waals surface area contributed by atoms with E-state index in [2.05, 4.69) is 10.6 Å². The first kappa shape index (κ1) is 19.4. The number of carbonyl (C=O) groups excluding carboxylic acids is 3. The number of hydrogen-bond donors (Lipinski definition) is 2. The number of nitrogens with one attached hydrogen (secondary N) is 2. The minimum atomic E-state index is -0.278. The van der Waals surface area contributed by atoms with Crippen LogP contribution in [0.1, 0.15) is 26.3 Å². The average Bonchev–Trinajstić information content (AvgIpc) is 3.23. The quantitative estimate of drug-likeness (QED) is 0.655. The van der Waals surface area contributed by atoms with E-state index in [0.717, 1.165) is 17.0 Å². The maximum Gasteiger partial charge on any atom is 0.258 e. The van der Waals surface area contributed by atoms with Gasteiger partial charge in [-0.05, 0) is 60.5 Å². The summed E-state index contributed by atoms with van der Waals surface area (Å²) in [7, 11) is 0. The number of carbonyl (C=O) groups is 3. The molecule has 0 fully saturated rings. The van der Waals surface area contributed by atoms with Crippen molar-refractivity contribution >= 4 is 46.5 Å². The summed E-state index contributed by atoms with van der Waals surface area (Å²) in [5, 5.41) is 5.64. The van der Waals surface area contributed by atoms with Crippen LogP contribution < -0.4 is 15.5 Å². The van der Waals surface area contributed by atoms with Crippen molar-refractivity contribution in [2.75, 3.05) is 27.8 Å². The van der Waals surface area contributed by atoms with E-state index in [1.165, 1.54) is 17.3 Å². The summed E-state index contributed by atoms with van der Waals surface area (Å²) in [6.45, 7) is 0.670. The lowest BCUT2D eigenvalue weighted by Crippen LogP contribution is -2.28. The summed E-state index contributed by atoms with van der Waals surface area (Å²) in [5.74, 6) is -0.0195. The molecule has 0 saturated carbocycles. The molecule has 3 aromatic rings. The molecule has 3 aromatic carbocycles. The zero-order valence-corrected chi connectivity index (χ0v) is 17.4. The SMILES string of the molecule is O=C1CSc2ccc(C(=O)Nc3ccc(C(=O)N4CCc5ccccc54)cc3)cc2N1. The fraction of sp³-hybridized carbons (Fsp3) is 0.125. The maximum atomic E-state index is 12.9. The Morgan fingerprint density at radius 1 is 0.968 bits per heavy atom. The zero-order chi connectivity index (χ0) is 21.4. The third-order valence-electron chi connectivity index (χ3n) is 5.40. The van der Waals surface area contributed by atoms with E-state index in [9.17, 15) is 14.4 Å². The number of fused-ring (bicyclic) bond motifs is 2. The highest BCUT2D eigenvalue weighted by atomic mass is 32.2. The Kier molecular flexibility index (Phi) is 4.95. The van der Waals surface area contributed by atoms with Crippen molar-refractivity contribution in [1.29, 1.82) is 0 Å². The Balaban J connectivity index is 1.29. The van der Waals surface area contributed by atoms with E-state index in [4.69, 9.17) is 0 Å².